The molecule has 0 atom stereocenters. The maximum atomic E-state index is 13.3. The number of aromatic nitrogens is 2. The van der Waals surface area contributed by atoms with Crippen LogP contribution in [0.2, 0.25) is 0 Å². The first kappa shape index (κ1) is 21.8. The van der Waals surface area contributed by atoms with Crippen molar-refractivity contribution >= 4 is 5.91 Å². The van der Waals surface area contributed by atoms with E-state index in [1.54, 1.807) is 16.8 Å². The van der Waals surface area contributed by atoms with E-state index in [0.29, 0.717) is 12.2 Å². The van der Waals surface area contributed by atoms with E-state index in [1.807, 2.05) is 0 Å². The molecular weight excluding hydrogens is 417 g/mol. The number of nitrogens with one attached hydrogen (secondary N) is 1. The summed E-state index contributed by atoms with van der Waals surface area (Å²) >= 11 is 0. The molecule has 0 saturated carbocycles. The first-order chi connectivity index (χ1) is 16.1. The van der Waals surface area contributed by atoms with Crippen LogP contribution in [0.3, 0.4) is 0 Å². The van der Waals surface area contributed by atoms with Crippen molar-refractivity contribution in [3.8, 4) is 5.69 Å². The van der Waals surface area contributed by atoms with Gasteiger partial charge in [-0.2, -0.15) is 5.10 Å². The van der Waals surface area contributed by atoms with Crippen LogP contribution in [0.1, 0.15) is 39.3 Å². The summed E-state index contributed by atoms with van der Waals surface area (Å²) in [7, 11) is 2.17. The molecule has 1 aromatic heterocycles. The van der Waals surface area contributed by atoms with Gasteiger partial charge in [0.05, 0.1) is 5.69 Å². The van der Waals surface area contributed by atoms with Gasteiger partial charge in [-0.1, -0.05) is 24.3 Å². The number of benzene rings is 2. The van der Waals surface area contributed by atoms with Crippen LogP contribution in [0.25, 0.3) is 5.69 Å². The van der Waals surface area contributed by atoms with E-state index >= 15 is 0 Å². The van der Waals surface area contributed by atoms with Crippen molar-refractivity contribution in [2.45, 2.75) is 32.4 Å². The molecule has 1 aliphatic carbocycles. The highest BCUT2D eigenvalue weighted by molar-refractivity contribution is 5.94. The number of nitrogens with zero attached hydrogens (tertiary/aromatic N) is 4. The summed E-state index contributed by atoms with van der Waals surface area (Å²) in [6.07, 6.45) is 2.73. The fourth-order valence-electron chi connectivity index (χ4n) is 4.78. The molecule has 2 aromatic carbocycles. The lowest BCUT2D eigenvalue weighted by Crippen LogP contribution is -2.43. The minimum Gasteiger partial charge on any atom is -0.347 e. The molecule has 7 heteroatoms. The largest absolute Gasteiger partial charge is 0.347 e. The van der Waals surface area contributed by atoms with Crippen LogP contribution < -0.4 is 5.32 Å². The normalized spacial score (nSPS) is 16.7. The molecule has 0 unspecified atom stereocenters. The lowest BCUT2D eigenvalue weighted by atomic mass is 10.1. The Bertz CT molecular complexity index is 1130. The third kappa shape index (κ3) is 4.84. The summed E-state index contributed by atoms with van der Waals surface area (Å²) in [6.45, 7) is 5.77. The van der Waals surface area contributed by atoms with Crippen molar-refractivity contribution in [1.82, 2.24) is 24.9 Å². The first-order valence-corrected chi connectivity index (χ1v) is 11.7. The predicted molar refractivity (Wildman–Crippen MR) is 126 cm³/mol. The van der Waals surface area contributed by atoms with Crippen LogP contribution >= 0.6 is 0 Å². The molecule has 1 saturated heterocycles. The Labute approximate surface area is 194 Å². The van der Waals surface area contributed by atoms with Crippen molar-refractivity contribution < 1.29 is 9.18 Å². The third-order valence-electron chi connectivity index (χ3n) is 6.66. The molecule has 2 heterocycles. The molecule has 1 amide bonds. The molecule has 0 radical (unpaired) electrons. The highest BCUT2D eigenvalue weighted by Gasteiger charge is 2.27. The lowest BCUT2D eigenvalue weighted by molar-refractivity contribution is 0.0944. The Kier molecular flexibility index (Phi) is 6.24. The number of carbonyl (C=O) groups excluding carboxylic acids is 1. The fourth-order valence-corrected chi connectivity index (χ4v) is 4.78. The van der Waals surface area contributed by atoms with E-state index in [9.17, 15) is 9.18 Å². The highest BCUT2D eigenvalue weighted by atomic mass is 19.1. The zero-order chi connectivity index (χ0) is 22.8. The smallest absolute Gasteiger partial charge is 0.272 e. The van der Waals surface area contributed by atoms with Crippen molar-refractivity contribution in [3.63, 3.8) is 0 Å². The van der Waals surface area contributed by atoms with Gasteiger partial charge in [0, 0.05) is 50.5 Å². The van der Waals surface area contributed by atoms with Gasteiger partial charge in [0.2, 0.25) is 0 Å². The molecule has 1 aliphatic heterocycles. The zero-order valence-corrected chi connectivity index (χ0v) is 19.1. The number of fused-ring (bicyclic) bond motifs is 1. The van der Waals surface area contributed by atoms with Crippen LogP contribution in [0.4, 0.5) is 4.39 Å². The van der Waals surface area contributed by atoms with Crippen molar-refractivity contribution in [1.29, 1.82) is 0 Å². The molecule has 1 fully saturated rings. The SMILES string of the molecule is CN1CCN(Cc2cccc(CNC(=O)c3nn(-c4ccc(F)cc4)c4c3CCC4)c2)CC1. The average molecular weight is 448 g/mol. The molecule has 172 valence electrons. The Balaban J connectivity index is 1.26. The predicted octanol–water partition coefficient (Wildman–Crippen LogP) is 3.18. The van der Waals surface area contributed by atoms with Crippen molar-refractivity contribution in [3.05, 3.63) is 82.4 Å². The van der Waals surface area contributed by atoms with Gasteiger partial charge in [-0.3, -0.25) is 9.69 Å². The van der Waals surface area contributed by atoms with Gasteiger partial charge in [0.15, 0.2) is 5.69 Å². The molecule has 2 aliphatic rings. The fraction of sp³-hybridized carbons (Fsp3) is 0.385. The monoisotopic (exact) mass is 447 g/mol. The molecule has 1 N–H and O–H groups in total. The Hall–Kier alpha value is -3.03. The van der Waals surface area contributed by atoms with Crippen LogP contribution in [0, 0.1) is 5.82 Å². The van der Waals surface area contributed by atoms with Gasteiger partial charge in [0.1, 0.15) is 5.82 Å². The van der Waals surface area contributed by atoms with Crippen LogP contribution in [0.15, 0.2) is 48.5 Å². The van der Waals surface area contributed by atoms with E-state index in [1.165, 1.54) is 17.7 Å². The number of likely N-dealkylation sites (N-methyl/N-ethyl adjacent to an activating group) is 1. The summed E-state index contributed by atoms with van der Waals surface area (Å²) in [5.74, 6) is -0.436. The number of carbonyl (C=O) groups is 1. The zero-order valence-electron chi connectivity index (χ0n) is 19.1. The second kappa shape index (κ2) is 9.45. The highest BCUT2D eigenvalue weighted by Crippen LogP contribution is 2.28. The van der Waals surface area contributed by atoms with Gasteiger partial charge >= 0.3 is 0 Å². The molecule has 3 aromatic rings. The summed E-state index contributed by atoms with van der Waals surface area (Å²) in [5.41, 5.74) is 5.70. The maximum Gasteiger partial charge on any atom is 0.272 e. The number of piperazine rings is 1. The number of rotatable bonds is 6. The molecule has 0 bridgehead atoms. The van der Waals surface area contributed by atoms with E-state index < -0.39 is 0 Å². The molecular formula is C26H30FN5O. The number of amides is 1. The Morgan fingerprint density at radius 2 is 1.79 bits per heavy atom. The minimum absolute atomic E-state index is 0.154. The molecule has 33 heavy (non-hydrogen) atoms. The number of hydrogen-bond donors (Lipinski definition) is 1. The summed E-state index contributed by atoms with van der Waals surface area (Å²) in [6, 6.07) is 14.7. The Morgan fingerprint density at radius 3 is 2.58 bits per heavy atom. The quantitative estimate of drug-likeness (QED) is 0.631. The standard InChI is InChI=1S/C26H30FN5O/c1-30-12-14-31(15-13-30)18-20-5-2-4-19(16-20)17-28-26(33)25-23-6-3-7-24(23)32(29-25)22-10-8-21(27)9-11-22/h2,4-5,8-11,16H,3,6-7,12-15,17-18H2,1H3,(H,28,33). The summed E-state index contributed by atoms with van der Waals surface area (Å²) in [4.78, 5) is 17.9. The second-order valence-corrected chi connectivity index (χ2v) is 9.10. The van der Waals surface area contributed by atoms with Crippen LogP contribution in [-0.4, -0.2) is 58.7 Å². The van der Waals surface area contributed by atoms with Crippen molar-refractivity contribution in [2.24, 2.45) is 0 Å². The van der Waals surface area contributed by atoms with E-state index in [-0.39, 0.29) is 11.7 Å². The maximum absolute atomic E-state index is 13.3. The van der Waals surface area contributed by atoms with E-state index in [2.05, 4.69) is 51.5 Å². The molecule has 0 spiro atoms. The van der Waals surface area contributed by atoms with Gasteiger partial charge in [-0.15, -0.1) is 0 Å². The van der Waals surface area contributed by atoms with E-state index in [4.69, 9.17) is 0 Å². The van der Waals surface area contributed by atoms with Gasteiger partial charge in [-0.05, 0) is 61.7 Å². The minimum atomic E-state index is -0.282. The number of halogens is 1. The molecule has 5 rings (SSSR count). The van der Waals surface area contributed by atoms with Crippen molar-refractivity contribution in [2.75, 3.05) is 33.2 Å². The summed E-state index contributed by atoms with van der Waals surface area (Å²) in [5, 5.41) is 7.68. The average Bonchev–Trinajstić information content (AvgIpc) is 3.43. The van der Waals surface area contributed by atoms with Gasteiger partial charge in [0.25, 0.3) is 5.91 Å². The first-order valence-electron chi connectivity index (χ1n) is 11.7. The topological polar surface area (TPSA) is 53.4 Å². The number of hydrogen-bond acceptors (Lipinski definition) is 4. The van der Waals surface area contributed by atoms with Crippen LogP contribution in [-0.2, 0) is 25.9 Å². The van der Waals surface area contributed by atoms with Gasteiger partial charge < -0.3 is 10.2 Å². The van der Waals surface area contributed by atoms with E-state index in [0.717, 1.165) is 74.5 Å². The lowest BCUT2D eigenvalue weighted by Gasteiger charge is -2.32. The van der Waals surface area contributed by atoms with Crippen LogP contribution in [0.5, 0.6) is 0 Å². The second-order valence-electron chi connectivity index (χ2n) is 9.10. The molecule has 6 nitrogen and oxygen atoms in total. The summed E-state index contributed by atoms with van der Waals surface area (Å²) < 4.78 is 15.1. The Morgan fingerprint density at radius 1 is 1.03 bits per heavy atom. The van der Waals surface area contributed by atoms with Gasteiger partial charge in [-0.25, -0.2) is 9.07 Å². The third-order valence-corrected chi connectivity index (χ3v) is 6.66.